The van der Waals surface area contributed by atoms with Crippen LogP contribution in [-0.4, -0.2) is 11.1 Å². The highest BCUT2D eigenvalue weighted by Crippen LogP contribution is 2.67. The van der Waals surface area contributed by atoms with E-state index in [0.29, 0.717) is 5.92 Å². The van der Waals surface area contributed by atoms with Crippen LogP contribution in [0.2, 0.25) is 0 Å². The largest absolute Gasteiger partial charge is 0.481 e. The molecule has 0 amide bonds. The molecule has 14 heavy (non-hydrogen) atoms. The first-order chi connectivity index (χ1) is 6.72. The molecule has 0 radical (unpaired) electrons. The van der Waals surface area contributed by atoms with Crippen LogP contribution in [0.3, 0.4) is 0 Å². The van der Waals surface area contributed by atoms with Crippen LogP contribution in [0.15, 0.2) is 0 Å². The van der Waals surface area contributed by atoms with Gasteiger partial charge < -0.3 is 5.11 Å². The zero-order chi connectivity index (χ0) is 10.2. The van der Waals surface area contributed by atoms with Crippen LogP contribution in [0.5, 0.6) is 0 Å². The molecule has 2 heteroatoms. The Bertz CT molecular complexity index is 228. The number of carboxylic acid groups (broad SMARTS) is 1. The van der Waals surface area contributed by atoms with Crippen molar-refractivity contribution in [3.05, 3.63) is 0 Å². The van der Waals surface area contributed by atoms with Crippen molar-refractivity contribution in [2.75, 3.05) is 0 Å². The van der Waals surface area contributed by atoms with Crippen LogP contribution in [0.25, 0.3) is 0 Å². The molecule has 2 unspecified atom stereocenters. The summed E-state index contributed by atoms with van der Waals surface area (Å²) in [6, 6.07) is 0. The van der Waals surface area contributed by atoms with Gasteiger partial charge in [-0.25, -0.2) is 0 Å². The molecule has 0 aromatic carbocycles. The SMILES string of the molecule is CCCC1C(C(=O)O)C12CCCCC2. The predicted octanol–water partition coefficient (Wildman–Crippen LogP) is 3.07. The maximum absolute atomic E-state index is 11.1. The average molecular weight is 196 g/mol. The van der Waals surface area contributed by atoms with Crippen molar-refractivity contribution in [1.82, 2.24) is 0 Å². The summed E-state index contributed by atoms with van der Waals surface area (Å²) < 4.78 is 0. The number of carbonyl (C=O) groups is 1. The van der Waals surface area contributed by atoms with Gasteiger partial charge in [-0.3, -0.25) is 4.79 Å². The molecule has 2 atom stereocenters. The minimum atomic E-state index is -0.537. The first kappa shape index (κ1) is 10.0. The van der Waals surface area contributed by atoms with Crippen LogP contribution in [0, 0.1) is 17.3 Å². The van der Waals surface area contributed by atoms with E-state index in [1.54, 1.807) is 0 Å². The van der Waals surface area contributed by atoms with Gasteiger partial charge in [-0.2, -0.15) is 0 Å². The second-order valence-electron chi connectivity index (χ2n) is 5.00. The Morgan fingerprint density at radius 2 is 2.00 bits per heavy atom. The third kappa shape index (κ3) is 1.35. The van der Waals surface area contributed by atoms with Gasteiger partial charge in [0.15, 0.2) is 0 Å². The summed E-state index contributed by atoms with van der Waals surface area (Å²) in [5.41, 5.74) is 0.236. The Balaban J connectivity index is 2.06. The lowest BCUT2D eigenvalue weighted by Gasteiger charge is -2.22. The quantitative estimate of drug-likeness (QED) is 0.753. The highest BCUT2D eigenvalue weighted by atomic mass is 16.4. The lowest BCUT2D eigenvalue weighted by molar-refractivity contribution is -0.139. The molecule has 0 saturated heterocycles. The number of aliphatic carboxylic acids is 1. The van der Waals surface area contributed by atoms with Crippen molar-refractivity contribution < 1.29 is 9.90 Å². The second-order valence-corrected chi connectivity index (χ2v) is 5.00. The maximum Gasteiger partial charge on any atom is 0.307 e. The first-order valence-corrected chi connectivity index (χ1v) is 5.95. The number of hydrogen-bond acceptors (Lipinski definition) is 1. The van der Waals surface area contributed by atoms with E-state index < -0.39 is 5.97 Å². The maximum atomic E-state index is 11.1. The molecule has 0 aromatic rings. The predicted molar refractivity (Wildman–Crippen MR) is 55.0 cm³/mol. The van der Waals surface area contributed by atoms with Crippen LogP contribution in [-0.2, 0) is 4.79 Å². The summed E-state index contributed by atoms with van der Waals surface area (Å²) >= 11 is 0. The van der Waals surface area contributed by atoms with Gasteiger partial charge in [0.05, 0.1) is 5.92 Å². The Kier molecular flexibility index (Phi) is 2.54. The summed E-state index contributed by atoms with van der Waals surface area (Å²) in [6.45, 7) is 2.16. The van der Waals surface area contributed by atoms with Gasteiger partial charge in [0, 0.05) is 0 Å². The fourth-order valence-electron chi connectivity index (χ4n) is 3.65. The molecule has 2 saturated carbocycles. The van der Waals surface area contributed by atoms with Gasteiger partial charge in [-0.15, -0.1) is 0 Å². The van der Waals surface area contributed by atoms with E-state index in [0.717, 1.165) is 12.8 Å². The van der Waals surface area contributed by atoms with Crippen LogP contribution in [0.4, 0.5) is 0 Å². The Hall–Kier alpha value is -0.530. The Labute approximate surface area is 85.7 Å². The summed E-state index contributed by atoms with van der Waals surface area (Å²) in [6.07, 6.45) is 8.43. The molecule has 0 aliphatic heterocycles. The molecular formula is C12H20O2. The summed E-state index contributed by atoms with van der Waals surface area (Å²) in [7, 11) is 0. The smallest absolute Gasteiger partial charge is 0.307 e. The molecule has 2 aliphatic rings. The van der Waals surface area contributed by atoms with Gasteiger partial charge in [-0.05, 0) is 30.6 Å². The molecule has 2 fully saturated rings. The van der Waals surface area contributed by atoms with E-state index in [9.17, 15) is 4.79 Å². The molecular weight excluding hydrogens is 176 g/mol. The zero-order valence-electron chi connectivity index (χ0n) is 8.96. The third-order valence-corrected chi connectivity index (χ3v) is 4.30. The van der Waals surface area contributed by atoms with Gasteiger partial charge in [-0.1, -0.05) is 32.6 Å². The normalized spacial score (nSPS) is 34.4. The molecule has 0 aromatic heterocycles. The summed E-state index contributed by atoms with van der Waals surface area (Å²) in [5.74, 6) is -0.0293. The highest BCUT2D eigenvalue weighted by molar-refractivity contribution is 5.75. The van der Waals surface area contributed by atoms with Crippen molar-refractivity contribution in [3.8, 4) is 0 Å². The molecule has 0 heterocycles. The van der Waals surface area contributed by atoms with Crippen LogP contribution in [0.1, 0.15) is 51.9 Å². The summed E-state index contributed by atoms with van der Waals surface area (Å²) in [4.78, 5) is 11.1. The van der Waals surface area contributed by atoms with Crippen molar-refractivity contribution in [2.24, 2.45) is 17.3 Å². The number of rotatable bonds is 3. The van der Waals surface area contributed by atoms with Crippen molar-refractivity contribution >= 4 is 5.97 Å². The van der Waals surface area contributed by atoms with Gasteiger partial charge >= 0.3 is 5.97 Å². The molecule has 2 nitrogen and oxygen atoms in total. The van der Waals surface area contributed by atoms with Crippen molar-refractivity contribution in [2.45, 2.75) is 51.9 Å². The van der Waals surface area contributed by atoms with Gasteiger partial charge in [0.1, 0.15) is 0 Å². The van der Waals surface area contributed by atoms with E-state index in [1.807, 2.05) is 0 Å². The molecule has 2 rings (SSSR count). The average Bonchev–Trinajstić information content (AvgIpc) is 2.75. The van der Waals surface area contributed by atoms with Crippen LogP contribution >= 0.6 is 0 Å². The van der Waals surface area contributed by atoms with E-state index in [4.69, 9.17) is 5.11 Å². The first-order valence-electron chi connectivity index (χ1n) is 5.95. The van der Waals surface area contributed by atoms with E-state index in [2.05, 4.69) is 6.92 Å². The van der Waals surface area contributed by atoms with Gasteiger partial charge in [0.25, 0.3) is 0 Å². The fraction of sp³-hybridized carbons (Fsp3) is 0.917. The van der Waals surface area contributed by atoms with E-state index >= 15 is 0 Å². The van der Waals surface area contributed by atoms with Crippen molar-refractivity contribution in [3.63, 3.8) is 0 Å². The van der Waals surface area contributed by atoms with Crippen LogP contribution < -0.4 is 0 Å². The Morgan fingerprint density at radius 3 is 2.50 bits per heavy atom. The minimum absolute atomic E-state index is 0.00255. The molecule has 80 valence electrons. The monoisotopic (exact) mass is 196 g/mol. The van der Waals surface area contributed by atoms with E-state index in [1.165, 1.54) is 32.1 Å². The standard InChI is InChI=1S/C12H20O2/c1-2-6-9-10(11(13)14)12(9)7-4-3-5-8-12/h9-10H,2-8H2,1H3,(H,13,14). The van der Waals surface area contributed by atoms with E-state index in [-0.39, 0.29) is 11.3 Å². The zero-order valence-corrected chi connectivity index (χ0v) is 8.96. The summed E-state index contributed by atoms with van der Waals surface area (Å²) in [5, 5.41) is 9.17. The topological polar surface area (TPSA) is 37.3 Å². The molecule has 2 aliphatic carbocycles. The van der Waals surface area contributed by atoms with Gasteiger partial charge in [0.2, 0.25) is 0 Å². The third-order valence-electron chi connectivity index (χ3n) is 4.30. The highest BCUT2D eigenvalue weighted by Gasteiger charge is 2.66. The fourth-order valence-corrected chi connectivity index (χ4v) is 3.65. The number of hydrogen-bond donors (Lipinski definition) is 1. The molecule has 1 spiro atoms. The second kappa shape index (κ2) is 3.56. The molecule has 0 bridgehead atoms. The number of carboxylic acids is 1. The lowest BCUT2D eigenvalue weighted by atomic mass is 9.82. The minimum Gasteiger partial charge on any atom is -0.481 e. The Morgan fingerprint density at radius 1 is 1.36 bits per heavy atom. The lowest BCUT2D eigenvalue weighted by Crippen LogP contribution is -2.14. The molecule has 1 N–H and O–H groups in total. The van der Waals surface area contributed by atoms with Crippen molar-refractivity contribution in [1.29, 1.82) is 0 Å².